The van der Waals surface area contributed by atoms with Crippen molar-refractivity contribution >= 4 is 56.8 Å². The monoisotopic (exact) mass is 669 g/mol. The fraction of sp³-hybridized carbons (Fsp3) is 0.520. The van der Waals surface area contributed by atoms with Crippen molar-refractivity contribution in [3.8, 4) is 11.5 Å². The topological polar surface area (TPSA) is 21.7 Å². The van der Waals surface area contributed by atoms with E-state index in [-0.39, 0.29) is 0 Å². The number of alkyl halides is 1. The Balaban J connectivity index is 0.000000245. The first-order valence-electron chi connectivity index (χ1n) is 10.9. The van der Waals surface area contributed by atoms with Crippen molar-refractivity contribution in [3.63, 3.8) is 0 Å². The maximum Gasteiger partial charge on any atom is 0.119 e. The Morgan fingerprint density at radius 1 is 0.871 bits per heavy atom. The van der Waals surface area contributed by atoms with Crippen molar-refractivity contribution in [2.45, 2.75) is 39.5 Å². The largest absolute Gasteiger partial charge is 0.494 e. The van der Waals surface area contributed by atoms with Crippen LogP contribution in [0.3, 0.4) is 0 Å². The van der Waals surface area contributed by atoms with Gasteiger partial charge in [0.15, 0.2) is 0 Å². The van der Waals surface area contributed by atoms with Gasteiger partial charge in [0.05, 0.1) is 13.2 Å². The van der Waals surface area contributed by atoms with Crippen LogP contribution >= 0.6 is 56.8 Å². The number of likely N-dealkylation sites (tertiary alicyclic amines) is 1. The molecule has 0 radical (unpaired) electrons. The average molecular weight is 670 g/mol. The van der Waals surface area contributed by atoms with Gasteiger partial charge in [-0.2, -0.15) is 0 Å². The number of hydrogen-bond donors (Lipinski definition) is 0. The van der Waals surface area contributed by atoms with Gasteiger partial charge in [-0.25, -0.2) is 0 Å². The third-order valence-electron chi connectivity index (χ3n) is 5.04. The third kappa shape index (κ3) is 12.0. The first kappa shape index (κ1) is 27.0. The molecule has 1 aliphatic heterocycles. The number of benzene rings is 2. The van der Waals surface area contributed by atoms with Gasteiger partial charge in [0.25, 0.3) is 0 Å². The molecule has 1 saturated heterocycles. The summed E-state index contributed by atoms with van der Waals surface area (Å²) in [4.78, 5) is 2.58. The van der Waals surface area contributed by atoms with Gasteiger partial charge < -0.3 is 14.4 Å². The Bertz CT molecular complexity index is 738. The minimum atomic E-state index is 0.495. The first-order valence-corrected chi connectivity index (χ1v) is 13.6. The predicted molar refractivity (Wildman–Crippen MR) is 149 cm³/mol. The molecule has 6 heteroatoms. The van der Waals surface area contributed by atoms with Crippen LogP contribution in [0.4, 0.5) is 0 Å². The van der Waals surface area contributed by atoms with E-state index in [1.165, 1.54) is 33.1 Å². The van der Waals surface area contributed by atoms with Crippen molar-refractivity contribution in [3.05, 3.63) is 55.7 Å². The molecule has 2 aromatic rings. The SMILES string of the molecule is CC1(C)CCCN(CCCOc2ccc(I)cc2)C1.ClCCCOc1ccc(I)cc1. The second-order valence-corrected chi connectivity index (χ2v) is 11.4. The molecule has 0 aliphatic carbocycles. The molecule has 3 rings (SSSR count). The molecule has 3 nitrogen and oxygen atoms in total. The lowest BCUT2D eigenvalue weighted by Gasteiger charge is -2.38. The standard InChI is InChI=1S/C16H24INO.C9H10ClIO/c1-16(2)9-3-10-18(13-16)11-4-12-19-15-7-5-14(17)6-8-15;10-6-1-7-12-9-4-2-8(11)3-5-9/h5-8H,3-4,9-13H2,1-2H3;2-5H,1,6-7H2. The predicted octanol–water partition coefficient (Wildman–Crippen LogP) is 7.48. The number of hydrogen-bond acceptors (Lipinski definition) is 3. The van der Waals surface area contributed by atoms with Crippen molar-refractivity contribution < 1.29 is 9.47 Å². The van der Waals surface area contributed by atoms with Gasteiger partial charge in [0, 0.05) is 26.1 Å². The summed E-state index contributed by atoms with van der Waals surface area (Å²) in [5.41, 5.74) is 0.495. The molecule has 0 saturated carbocycles. The van der Waals surface area contributed by atoms with Crippen LogP contribution < -0.4 is 9.47 Å². The highest BCUT2D eigenvalue weighted by Crippen LogP contribution is 2.28. The van der Waals surface area contributed by atoms with Crippen LogP contribution in [0.5, 0.6) is 11.5 Å². The molecule has 0 bridgehead atoms. The van der Waals surface area contributed by atoms with Gasteiger partial charge >= 0.3 is 0 Å². The normalized spacial score (nSPS) is 15.6. The maximum absolute atomic E-state index is 5.77. The zero-order valence-corrected chi connectivity index (χ0v) is 23.7. The number of ether oxygens (including phenoxy) is 2. The second kappa shape index (κ2) is 14.8. The van der Waals surface area contributed by atoms with Crippen LogP contribution in [0.1, 0.15) is 39.5 Å². The van der Waals surface area contributed by atoms with Crippen molar-refractivity contribution in [2.24, 2.45) is 5.41 Å². The number of halogens is 3. The second-order valence-electron chi connectivity index (χ2n) is 8.54. The highest BCUT2D eigenvalue weighted by Gasteiger charge is 2.25. The van der Waals surface area contributed by atoms with E-state index < -0.39 is 0 Å². The summed E-state index contributed by atoms with van der Waals surface area (Å²) >= 11 is 10.1. The van der Waals surface area contributed by atoms with E-state index in [9.17, 15) is 0 Å². The van der Waals surface area contributed by atoms with Crippen molar-refractivity contribution in [1.82, 2.24) is 4.90 Å². The minimum Gasteiger partial charge on any atom is -0.494 e. The maximum atomic E-state index is 5.77. The average Bonchev–Trinajstić information content (AvgIpc) is 2.74. The van der Waals surface area contributed by atoms with E-state index in [0.29, 0.717) is 17.9 Å². The summed E-state index contributed by atoms with van der Waals surface area (Å²) < 4.78 is 13.7. The van der Waals surface area contributed by atoms with Gasteiger partial charge in [0.1, 0.15) is 11.5 Å². The number of piperidine rings is 1. The fourth-order valence-corrected chi connectivity index (χ4v) is 4.35. The van der Waals surface area contributed by atoms with Crippen molar-refractivity contribution in [2.75, 3.05) is 38.7 Å². The molecule has 1 heterocycles. The van der Waals surface area contributed by atoms with Crippen LogP contribution in [0.25, 0.3) is 0 Å². The Morgan fingerprint density at radius 3 is 1.87 bits per heavy atom. The van der Waals surface area contributed by atoms with E-state index in [1.54, 1.807) is 0 Å². The lowest BCUT2D eigenvalue weighted by atomic mass is 9.84. The highest BCUT2D eigenvalue weighted by atomic mass is 127. The Morgan fingerprint density at radius 2 is 1.39 bits per heavy atom. The zero-order chi connectivity index (χ0) is 22.5. The van der Waals surface area contributed by atoms with Crippen LogP contribution in [0, 0.1) is 12.6 Å². The number of rotatable bonds is 9. The van der Waals surface area contributed by atoms with Crippen LogP contribution in [-0.2, 0) is 0 Å². The van der Waals surface area contributed by atoms with Gasteiger partial charge in [-0.1, -0.05) is 13.8 Å². The first-order chi connectivity index (χ1) is 14.9. The molecule has 0 unspecified atom stereocenters. The molecule has 0 spiro atoms. The van der Waals surface area contributed by atoms with E-state index >= 15 is 0 Å². The molecule has 172 valence electrons. The summed E-state index contributed by atoms with van der Waals surface area (Å²) in [5, 5.41) is 0. The quantitative estimate of drug-likeness (QED) is 0.157. The molecule has 1 aliphatic rings. The van der Waals surface area contributed by atoms with Crippen molar-refractivity contribution in [1.29, 1.82) is 0 Å². The van der Waals surface area contributed by atoms with E-state index in [4.69, 9.17) is 21.1 Å². The van der Waals surface area contributed by atoms with Gasteiger partial charge in [-0.3, -0.25) is 0 Å². The molecule has 0 N–H and O–H groups in total. The smallest absolute Gasteiger partial charge is 0.119 e. The molecule has 0 aromatic heterocycles. The zero-order valence-electron chi connectivity index (χ0n) is 18.6. The van der Waals surface area contributed by atoms with Crippen LogP contribution in [0.15, 0.2) is 48.5 Å². The molecule has 0 atom stereocenters. The summed E-state index contributed by atoms with van der Waals surface area (Å²) in [6, 6.07) is 16.3. The highest BCUT2D eigenvalue weighted by molar-refractivity contribution is 14.1. The van der Waals surface area contributed by atoms with E-state index in [0.717, 1.165) is 37.5 Å². The van der Waals surface area contributed by atoms with Gasteiger partial charge in [-0.05, 0) is 131 Å². The van der Waals surface area contributed by atoms with Crippen LogP contribution in [-0.4, -0.2) is 43.6 Å². The van der Waals surface area contributed by atoms with Crippen LogP contribution in [0.2, 0.25) is 0 Å². The van der Waals surface area contributed by atoms with E-state index in [2.05, 4.69) is 76.1 Å². The third-order valence-corrected chi connectivity index (χ3v) is 6.75. The minimum absolute atomic E-state index is 0.495. The lowest BCUT2D eigenvalue weighted by molar-refractivity contribution is 0.111. The molecule has 31 heavy (non-hydrogen) atoms. The molecule has 2 aromatic carbocycles. The molecular weight excluding hydrogens is 636 g/mol. The lowest BCUT2D eigenvalue weighted by Crippen LogP contribution is -2.40. The van der Waals surface area contributed by atoms with E-state index in [1.807, 2.05) is 36.4 Å². The summed E-state index contributed by atoms with van der Waals surface area (Å²) in [6.07, 6.45) is 4.71. The number of nitrogens with zero attached hydrogens (tertiary/aromatic N) is 1. The Hall–Kier alpha value is -0.250. The molecule has 1 fully saturated rings. The fourth-order valence-electron chi connectivity index (χ4n) is 3.52. The molecular formula is C25H34ClI2NO2. The summed E-state index contributed by atoms with van der Waals surface area (Å²) in [6.45, 7) is 9.92. The Labute approximate surface area is 220 Å². The summed E-state index contributed by atoms with van der Waals surface area (Å²) in [5.74, 6) is 2.56. The summed E-state index contributed by atoms with van der Waals surface area (Å²) in [7, 11) is 0. The Kier molecular flexibility index (Phi) is 12.9. The van der Waals surface area contributed by atoms with Gasteiger partial charge in [-0.15, -0.1) is 11.6 Å². The molecule has 0 amide bonds. The van der Waals surface area contributed by atoms with Gasteiger partial charge in [0.2, 0.25) is 0 Å².